The minimum absolute atomic E-state index is 0.0151. The Labute approximate surface area is 191 Å². The minimum atomic E-state index is -0.203. The first-order valence-electron chi connectivity index (χ1n) is 11.0. The van der Waals surface area contributed by atoms with E-state index < -0.39 is 0 Å². The molecule has 0 bridgehead atoms. The number of urea groups is 1. The van der Waals surface area contributed by atoms with Crippen molar-refractivity contribution < 1.29 is 14.3 Å². The van der Waals surface area contributed by atoms with Gasteiger partial charge in [-0.15, -0.1) is 5.10 Å². The van der Waals surface area contributed by atoms with Gasteiger partial charge in [-0.2, -0.15) is 4.52 Å². The Bertz CT molecular complexity index is 1280. The first-order valence-corrected chi connectivity index (χ1v) is 11.0. The third-order valence-electron chi connectivity index (χ3n) is 5.94. The quantitative estimate of drug-likeness (QED) is 0.484. The van der Waals surface area contributed by atoms with Crippen LogP contribution in [0.15, 0.2) is 48.5 Å². The van der Waals surface area contributed by atoms with Crippen LogP contribution in [-0.4, -0.2) is 57.3 Å². The molecule has 1 saturated heterocycles. The van der Waals surface area contributed by atoms with Crippen molar-refractivity contribution >= 4 is 28.3 Å². The summed E-state index contributed by atoms with van der Waals surface area (Å²) in [7, 11) is 1.61. The molecular formula is C24H26N6O3. The third-order valence-corrected chi connectivity index (χ3v) is 5.94. The molecule has 1 aliphatic heterocycles. The maximum absolute atomic E-state index is 13.3. The van der Waals surface area contributed by atoms with Crippen LogP contribution >= 0.6 is 0 Å². The van der Waals surface area contributed by atoms with Crippen LogP contribution in [0.3, 0.4) is 0 Å². The van der Waals surface area contributed by atoms with Gasteiger partial charge in [0.15, 0.2) is 5.65 Å². The number of ether oxygens (including phenoxy) is 2. The number of methoxy groups -OCH3 is 1. The van der Waals surface area contributed by atoms with E-state index in [9.17, 15) is 4.79 Å². The second-order valence-corrected chi connectivity index (χ2v) is 8.32. The molecule has 2 aromatic carbocycles. The summed E-state index contributed by atoms with van der Waals surface area (Å²) < 4.78 is 12.8. The first-order chi connectivity index (χ1) is 16.1. The topological polar surface area (TPSA) is 93.9 Å². The van der Waals surface area contributed by atoms with E-state index in [4.69, 9.17) is 9.47 Å². The first kappa shape index (κ1) is 21.1. The molecule has 3 heterocycles. The summed E-state index contributed by atoms with van der Waals surface area (Å²) in [6.45, 7) is 3.62. The Balaban J connectivity index is 1.46. The SMILES string of the molecule is COc1ccc(NC(=O)N(Cc2cc3cc(C)ccc3n3nnnc23)C[C@@H]2CCCO2)cc1. The fourth-order valence-corrected chi connectivity index (χ4v) is 4.24. The highest BCUT2D eigenvalue weighted by atomic mass is 16.5. The van der Waals surface area contributed by atoms with Gasteiger partial charge in [0.2, 0.25) is 0 Å². The lowest BCUT2D eigenvalue weighted by Crippen LogP contribution is -2.39. The summed E-state index contributed by atoms with van der Waals surface area (Å²) in [6, 6.07) is 15.3. The number of benzene rings is 2. The number of pyridine rings is 1. The molecule has 5 rings (SSSR count). The molecule has 1 atom stereocenters. The van der Waals surface area contributed by atoms with Crippen LogP contribution in [-0.2, 0) is 11.3 Å². The average Bonchev–Trinajstić information content (AvgIpc) is 3.51. The van der Waals surface area contributed by atoms with E-state index in [-0.39, 0.29) is 12.1 Å². The summed E-state index contributed by atoms with van der Waals surface area (Å²) >= 11 is 0. The highest BCUT2D eigenvalue weighted by Crippen LogP contribution is 2.23. The average molecular weight is 447 g/mol. The molecule has 170 valence electrons. The van der Waals surface area contributed by atoms with Crippen molar-refractivity contribution in [3.8, 4) is 5.75 Å². The molecule has 2 amide bonds. The van der Waals surface area contributed by atoms with Gasteiger partial charge in [-0.1, -0.05) is 11.6 Å². The molecule has 0 radical (unpaired) electrons. The number of nitrogens with zero attached hydrogens (tertiary/aromatic N) is 5. The lowest BCUT2D eigenvalue weighted by atomic mass is 10.1. The maximum Gasteiger partial charge on any atom is 0.322 e. The number of hydrogen-bond acceptors (Lipinski definition) is 6. The number of amides is 2. The second kappa shape index (κ2) is 9.03. The molecule has 1 fully saturated rings. The third kappa shape index (κ3) is 4.45. The summed E-state index contributed by atoms with van der Waals surface area (Å²) in [4.78, 5) is 15.1. The van der Waals surface area contributed by atoms with Crippen LogP contribution in [0.4, 0.5) is 10.5 Å². The molecule has 2 aromatic heterocycles. The highest BCUT2D eigenvalue weighted by Gasteiger charge is 2.24. The van der Waals surface area contributed by atoms with Gasteiger partial charge in [-0.3, -0.25) is 0 Å². The molecule has 4 aromatic rings. The van der Waals surface area contributed by atoms with E-state index in [1.165, 1.54) is 0 Å². The Morgan fingerprint density at radius 1 is 1.24 bits per heavy atom. The normalized spacial score (nSPS) is 15.8. The number of anilines is 1. The number of aromatic nitrogens is 4. The number of carbonyl (C=O) groups is 1. The number of fused-ring (bicyclic) bond motifs is 3. The molecular weight excluding hydrogens is 420 g/mol. The molecule has 0 unspecified atom stereocenters. The number of nitrogens with one attached hydrogen (secondary N) is 1. The van der Waals surface area contributed by atoms with Crippen molar-refractivity contribution in [1.82, 2.24) is 24.9 Å². The van der Waals surface area contributed by atoms with Crippen LogP contribution < -0.4 is 10.1 Å². The summed E-state index contributed by atoms with van der Waals surface area (Å²) in [5, 5.41) is 16.3. The zero-order valence-corrected chi connectivity index (χ0v) is 18.7. The Kier molecular flexibility index (Phi) is 5.78. The molecule has 9 heteroatoms. The van der Waals surface area contributed by atoms with Crippen molar-refractivity contribution in [2.45, 2.75) is 32.4 Å². The Hall–Kier alpha value is -3.72. The molecule has 9 nitrogen and oxygen atoms in total. The summed E-state index contributed by atoms with van der Waals surface area (Å²) in [5.41, 5.74) is 4.29. The predicted molar refractivity (Wildman–Crippen MR) is 124 cm³/mol. The molecule has 1 N–H and O–H groups in total. The summed E-state index contributed by atoms with van der Waals surface area (Å²) in [5.74, 6) is 0.734. The van der Waals surface area contributed by atoms with Gasteiger partial charge in [0, 0.05) is 29.8 Å². The van der Waals surface area contributed by atoms with Gasteiger partial charge in [-0.25, -0.2) is 4.79 Å². The zero-order chi connectivity index (χ0) is 22.8. The number of aryl methyl sites for hydroxylation is 1. The Morgan fingerprint density at radius 2 is 2.09 bits per heavy atom. The van der Waals surface area contributed by atoms with Gasteiger partial charge in [-0.05, 0) is 72.7 Å². The van der Waals surface area contributed by atoms with Gasteiger partial charge >= 0.3 is 6.03 Å². The van der Waals surface area contributed by atoms with Crippen molar-refractivity contribution in [2.75, 3.05) is 25.6 Å². The van der Waals surface area contributed by atoms with Crippen molar-refractivity contribution in [2.24, 2.45) is 0 Å². The highest BCUT2D eigenvalue weighted by molar-refractivity contribution is 5.90. The van der Waals surface area contributed by atoms with Crippen molar-refractivity contribution in [1.29, 1.82) is 0 Å². The number of hydrogen-bond donors (Lipinski definition) is 1. The van der Waals surface area contributed by atoms with Crippen LogP contribution in [0.1, 0.15) is 24.0 Å². The smallest absolute Gasteiger partial charge is 0.322 e. The number of carbonyl (C=O) groups excluding carboxylic acids is 1. The summed E-state index contributed by atoms with van der Waals surface area (Å²) in [6.07, 6.45) is 1.96. The lowest BCUT2D eigenvalue weighted by molar-refractivity contribution is 0.0820. The van der Waals surface area contributed by atoms with Gasteiger partial charge in [0.1, 0.15) is 5.75 Å². The van der Waals surface area contributed by atoms with E-state index in [1.807, 2.05) is 36.4 Å². The minimum Gasteiger partial charge on any atom is -0.497 e. The molecule has 0 spiro atoms. The van der Waals surface area contributed by atoms with E-state index in [2.05, 4.69) is 39.9 Å². The standard InChI is InChI=1S/C24H26N6O3/c1-16-5-10-22-17(12-16)13-18(23-26-27-28-30(22)23)14-29(15-21-4-3-11-33-21)24(31)25-19-6-8-20(32-2)9-7-19/h5-10,12-13,21H,3-4,11,14-15H2,1-2H3,(H,25,31)/t21-/m0/s1. The van der Waals surface area contributed by atoms with E-state index in [1.54, 1.807) is 16.5 Å². The monoisotopic (exact) mass is 446 g/mol. The van der Waals surface area contributed by atoms with Crippen LogP contribution in [0, 0.1) is 6.92 Å². The van der Waals surface area contributed by atoms with Gasteiger partial charge in [0.25, 0.3) is 0 Å². The zero-order valence-electron chi connectivity index (χ0n) is 18.7. The number of rotatable bonds is 6. The lowest BCUT2D eigenvalue weighted by Gasteiger charge is -2.26. The van der Waals surface area contributed by atoms with Crippen molar-refractivity contribution in [3.63, 3.8) is 0 Å². The molecule has 1 aliphatic rings. The predicted octanol–water partition coefficient (Wildman–Crippen LogP) is 3.81. The number of tetrazole rings is 1. The van der Waals surface area contributed by atoms with Crippen LogP contribution in [0.5, 0.6) is 5.75 Å². The van der Waals surface area contributed by atoms with Crippen LogP contribution in [0.25, 0.3) is 16.6 Å². The van der Waals surface area contributed by atoms with Crippen molar-refractivity contribution in [3.05, 3.63) is 59.7 Å². The maximum atomic E-state index is 13.3. The largest absolute Gasteiger partial charge is 0.497 e. The molecule has 33 heavy (non-hydrogen) atoms. The Morgan fingerprint density at radius 3 is 2.85 bits per heavy atom. The van der Waals surface area contributed by atoms with Gasteiger partial charge < -0.3 is 19.7 Å². The van der Waals surface area contributed by atoms with E-state index >= 15 is 0 Å². The molecule has 0 aliphatic carbocycles. The van der Waals surface area contributed by atoms with E-state index in [0.29, 0.717) is 24.4 Å². The fourth-order valence-electron chi connectivity index (χ4n) is 4.24. The van der Waals surface area contributed by atoms with Crippen LogP contribution in [0.2, 0.25) is 0 Å². The fraction of sp³-hybridized carbons (Fsp3) is 0.333. The van der Waals surface area contributed by atoms with Gasteiger partial charge in [0.05, 0.1) is 25.3 Å². The van der Waals surface area contributed by atoms with E-state index in [0.717, 1.165) is 47.2 Å². The molecule has 0 saturated carbocycles. The second-order valence-electron chi connectivity index (χ2n) is 8.32.